The van der Waals surface area contributed by atoms with Crippen LogP contribution in [0.3, 0.4) is 0 Å². The van der Waals surface area contributed by atoms with Gasteiger partial charge in [0.25, 0.3) is 0 Å². The highest BCUT2D eigenvalue weighted by Crippen LogP contribution is 2.26. The number of piperazine rings is 1. The van der Waals surface area contributed by atoms with E-state index in [9.17, 15) is 0 Å². The molecule has 5 heteroatoms. The third-order valence-corrected chi connectivity index (χ3v) is 3.90. The molecule has 1 fully saturated rings. The summed E-state index contributed by atoms with van der Waals surface area (Å²) in [4.78, 5) is 4.66. The van der Waals surface area contributed by atoms with Crippen molar-refractivity contribution < 1.29 is 0 Å². The summed E-state index contributed by atoms with van der Waals surface area (Å²) in [6.07, 6.45) is 1.82. The van der Waals surface area contributed by atoms with E-state index in [-0.39, 0.29) is 0 Å². The smallest absolute Gasteiger partial charge is 0.159 e. The molecule has 0 atom stereocenters. The Bertz CT molecular complexity index is 564. The van der Waals surface area contributed by atoms with Gasteiger partial charge in [0.05, 0.1) is 6.20 Å². The van der Waals surface area contributed by atoms with Crippen LogP contribution in [-0.4, -0.2) is 48.3 Å². The van der Waals surface area contributed by atoms with E-state index in [1.807, 2.05) is 6.20 Å². The molecule has 0 spiro atoms. The van der Waals surface area contributed by atoms with Crippen molar-refractivity contribution in [2.45, 2.75) is 0 Å². The fraction of sp³-hybridized carbons (Fsp3) is 0.385. The second kappa shape index (κ2) is 4.82. The van der Waals surface area contributed by atoms with Crippen LogP contribution < -0.4 is 4.90 Å². The lowest BCUT2D eigenvalue weighted by Gasteiger charge is -2.33. The Morgan fingerprint density at radius 2 is 1.94 bits per heavy atom. The van der Waals surface area contributed by atoms with Crippen molar-refractivity contribution in [2.75, 3.05) is 38.1 Å². The van der Waals surface area contributed by atoms with Crippen LogP contribution in [0.1, 0.15) is 0 Å². The number of anilines is 1. The standard InChI is InChI=1S/C13H15BrN4/c1-17-4-6-18(7-5-17)13-12-3-2-11(14)8-10(12)9-15-16-13/h2-3,8-9H,4-7H2,1H3. The summed E-state index contributed by atoms with van der Waals surface area (Å²) in [7, 11) is 2.16. The van der Waals surface area contributed by atoms with Crippen LogP contribution >= 0.6 is 15.9 Å². The lowest BCUT2D eigenvalue weighted by molar-refractivity contribution is 0.312. The van der Waals surface area contributed by atoms with E-state index in [1.165, 1.54) is 5.39 Å². The predicted octanol–water partition coefficient (Wildman–Crippen LogP) is 2.14. The van der Waals surface area contributed by atoms with E-state index in [4.69, 9.17) is 0 Å². The zero-order valence-electron chi connectivity index (χ0n) is 10.3. The van der Waals surface area contributed by atoms with Crippen molar-refractivity contribution >= 4 is 32.5 Å². The van der Waals surface area contributed by atoms with Crippen molar-refractivity contribution in [3.63, 3.8) is 0 Å². The van der Waals surface area contributed by atoms with E-state index < -0.39 is 0 Å². The number of rotatable bonds is 1. The Balaban J connectivity index is 2.01. The third kappa shape index (κ3) is 2.20. The Morgan fingerprint density at radius 1 is 1.17 bits per heavy atom. The highest BCUT2D eigenvalue weighted by molar-refractivity contribution is 9.10. The molecule has 0 N–H and O–H groups in total. The predicted molar refractivity (Wildman–Crippen MR) is 76.9 cm³/mol. The van der Waals surface area contributed by atoms with Gasteiger partial charge in [-0.2, -0.15) is 5.10 Å². The highest BCUT2D eigenvalue weighted by Gasteiger charge is 2.17. The van der Waals surface area contributed by atoms with Gasteiger partial charge in [-0.15, -0.1) is 5.10 Å². The third-order valence-electron chi connectivity index (χ3n) is 3.41. The van der Waals surface area contributed by atoms with Gasteiger partial charge in [0, 0.05) is 41.4 Å². The summed E-state index contributed by atoms with van der Waals surface area (Å²) in [6.45, 7) is 4.18. The van der Waals surface area contributed by atoms with Crippen LogP contribution in [0.25, 0.3) is 10.8 Å². The van der Waals surface area contributed by atoms with E-state index in [1.54, 1.807) is 0 Å². The van der Waals surface area contributed by atoms with Gasteiger partial charge >= 0.3 is 0 Å². The molecule has 1 aromatic carbocycles. The SMILES string of the molecule is CN1CCN(c2nncc3cc(Br)ccc23)CC1. The second-order valence-corrected chi connectivity index (χ2v) is 5.61. The van der Waals surface area contributed by atoms with Crippen LogP contribution in [-0.2, 0) is 0 Å². The van der Waals surface area contributed by atoms with Crippen LogP contribution in [0, 0.1) is 0 Å². The molecular formula is C13H15BrN4. The van der Waals surface area contributed by atoms with Crippen molar-refractivity contribution in [3.05, 3.63) is 28.9 Å². The number of hydrogen-bond acceptors (Lipinski definition) is 4. The Labute approximate surface area is 115 Å². The van der Waals surface area contributed by atoms with Crippen molar-refractivity contribution in [3.8, 4) is 0 Å². The summed E-state index contributed by atoms with van der Waals surface area (Å²) in [5, 5.41) is 10.8. The highest BCUT2D eigenvalue weighted by atomic mass is 79.9. The normalized spacial score (nSPS) is 17.3. The van der Waals surface area contributed by atoms with Gasteiger partial charge in [0.1, 0.15) is 0 Å². The maximum Gasteiger partial charge on any atom is 0.159 e. The number of hydrogen-bond donors (Lipinski definition) is 0. The fourth-order valence-electron chi connectivity index (χ4n) is 2.30. The van der Waals surface area contributed by atoms with Crippen LogP contribution in [0.4, 0.5) is 5.82 Å². The Hall–Kier alpha value is -1.20. The zero-order chi connectivity index (χ0) is 12.5. The zero-order valence-corrected chi connectivity index (χ0v) is 11.9. The number of fused-ring (bicyclic) bond motifs is 1. The molecule has 1 aliphatic rings. The second-order valence-electron chi connectivity index (χ2n) is 4.69. The molecule has 2 aromatic rings. The maximum absolute atomic E-state index is 4.33. The molecule has 0 aliphatic carbocycles. The first-order valence-corrected chi connectivity index (χ1v) is 6.88. The topological polar surface area (TPSA) is 32.3 Å². The van der Waals surface area contributed by atoms with Crippen LogP contribution in [0.5, 0.6) is 0 Å². The minimum atomic E-state index is 1.01. The molecule has 3 rings (SSSR count). The lowest BCUT2D eigenvalue weighted by Crippen LogP contribution is -2.45. The molecule has 0 amide bonds. The van der Waals surface area contributed by atoms with Crippen LogP contribution in [0.15, 0.2) is 28.9 Å². The van der Waals surface area contributed by atoms with Crippen molar-refractivity contribution in [1.29, 1.82) is 0 Å². The lowest BCUT2D eigenvalue weighted by atomic mass is 10.2. The van der Waals surface area contributed by atoms with Gasteiger partial charge in [0.15, 0.2) is 5.82 Å². The van der Waals surface area contributed by atoms with Gasteiger partial charge in [-0.05, 0) is 25.2 Å². The number of nitrogens with zero attached hydrogens (tertiary/aromatic N) is 4. The fourth-order valence-corrected chi connectivity index (χ4v) is 2.67. The molecular weight excluding hydrogens is 292 g/mol. The first kappa shape index (κ1) is 11.9. The van der Waals surface area contributed by atoms with Gasteiger partial charge in [-0.25, -0.2) is 0 Å². The van der Waals surface area contributed by atoms with E-state index in [2.05, 4.69) is 61.2 Å². The van der Waals surface area contributed by atoms with E-state index in [0.29, 0.717) is 0 Å². The van der Waals surface area contributed by atoms with Crippen LogP contribution in [0.2, 0.25) is 0 Å². The van der Waals surface area contributed by atoms with E-state index >= 15 is 0 Å². The van der Waals surface area contributed by atoms with Gasteiger partial charge in [-0.1, -0.05) is 15.9 Å². The summed E-state index contributed by atoms with van der Waals surface area (Å²) in [6, 6.07) is 6.26. The number of aromatic nitrogens is 2. The monoisotopic (exact) mass is 306 g/mol. The Kier molecular flexibility index (Phi) is 3.18. The quantitative estimate of drug-likeness (QED) is 0.808. The molecule has 0 radical (unpaired) electrons. The van der Waals surface area contributed by atoms with Gasteiger partial charge in [-0.3, -0.25) is 0 Å². The average molecular weight is 307 g/mol. The van der Waals surface area contributed by atoms with Gasteiger partial charge in [0.2, 0.25) is 0 Å². The molecule has 0 unspecified atom stereocenters. The Morgan fingerprint density at radius 3 is 2.72 bits per heavy atom. The number of halogens is 1. The van der Waals surface area contributed by atoms with Crippen molar-refractivity contribution in [1.82, 2.24) is 15.1 Å². The van der Waals surface area contributed by atoms with E-state index in [0.717, 1.165) is 41.9 Å². The minimum Gasteiger partial charge on any atom is -0.352 e. The minimum absolute atomic E-state index is 1.01. The summed E-state index contributed by atoms with van der Waals surface area (Å²) in [5.74, 6) is 1.01. The molecule has 0 bridgehead atoms. The molecule has 18 heavy (non-hydrogen) atoms. The number of likely N-dealkylation sites (N-methyl/N-ethyl adjacent to an activating group) is 1. The molecule has 94 valence electrons. The largest absolute Gasteiger partial charge is 0.352 e. The molecule has 0 saturated carbocycles. The molecule has 1 aliphatic heterocycles. The van der Waals surface area contributed by atoms with Crippen molar-refractivity contribution in [2.24, 2.45) is 0 Å². The maximum atomic E-state index is 4.33. The number of benzene rings is 1. The molecule has 1 aromatic heterocycles. The molecule has 2 heterocycles. The first-order valence-electron chi connectivity index (χ1n) is 6.08. The summed E-state index contributed by atoms with van der Waals surface area (Å²) in [5.41, 5.74) is 0. The average Bonchev–Trinajstić information content (AvgIpc) is 2.38. The molecule has 4 nitrogen and oxygen atoms in total. The molecule has 1 saturated heterocycles. The first-order chi connectivity index (χ1) is 8.74. The summed E-state index contributed by atoms with van der Waals surface area (Å²) < 4.78 is 1.08. The summed E-state index contributed by atoms with van der Waals surface area (Å²) >= 11 is 3.49. The van der Waals surface area contributed by atoms with Gasteiger partial charge < -0.3 is 9.80 Å².